The highest BCUT2D eigenvalue weighted by Crippen LogP contribution is 2.37. The summed E-state index contributed by atoms with van der Waals surface area (Å²) >= 11 is 0. The Morgan fingerprint density at radius 3 is 2.69 bits per heavy atom. The molecule has 2 aromatic heterocycles. The first-order chi connectivity index (χ1) is 19.0. The number of nitrogens with one attached hydrogen (secondary N) is 2. The van der Waals surface area contributed by atoms with Gasteiger partial charge in [-0.25, -0.2) is 9.97 Å². The second-order valence-corrected chi connectivity index (χ2v) is 10.4. The Morgan fingerprint density at radius 2 is 1.87 bits per heavy atom. The molecule has 1 fully saturated rings. The first kappa shape index (κ1) is 25.2. The minimum Gasteiger partial charge on any atom is -0.324 e. The highest BCUT2D eigenvalue weighted by Gasteiger charge is 2.30. The maximum atomic E-state index is 13.2. The number of likely N-dealkylation sites (N-methyl/N-ethyl adjacent to an activating group) is 1. The predicted molar refractivity (Wildman–Crippen MR) is 154 cm³/mol. The number of hydrogen-bond donors (Lipinski definition) is 2. The van der Waals surface area contributed by atoms with Gasteiger partial charge in [-0.2, -0.15) is 0 Å². The van der Waals surface area contributed by atoms with Crippen LogP contribution in [0.15, 0.2) is 73.2 Å². The highest BCUT2D eigenvalue weighted by atomic mass is 16.1. The summed E-state index contributed by atoms with van der Waals surface area (Å²) in [4.78, 5) is 31.4. The van der Waals surface area contributed by atoms with Crippen molar-refractivity contribution in [3.05, 3.63) is 95.4 Å². The number of nitrogens with zero attached hydrogens (tertiary/aromatic N) is 5. The molecule has 2 aliphatic rings. The average Bonchev–Trinajstić information content (AvgIpc) is 3.39. The van der Waals surface area contributed by atoms with Crippen LogP contribution < -0.4 is 10.6 Å². The van der Waals surface area contributed by atoms with Gasteiger partial charge in [0.1, 0.15) is 0 Å². The number of anilines is 3. The van der Waals surface area contributed by atoms with Gasteiger partial charge in [-0.1, -0.05) is 12.1 Å². The summed E-state index contributed by atoms with van der Waals surface area (Å²) in [5, 5.41) is 6.38. The molecule has 8 nitrogen and oxygen atoms in total. The molecule has 1 saturated heterocycles. The molecule has 39 heavy (non-hydrogen) atoms. The molecule has 2 aromatic carbocycles. The topological polar surface area (TPSA) is 86.3 Å². The van der Waals surface area contributed by atoms with E-state index < -0.39 is 0 Å². The van der Waals surface area contributed by atoms with Crippen LogP contribution in [0.4, 0.5) is 17.3 Å². The molecular formula is C31H33N7O. The summed E-state index contributed by atoms with van der Waals surface area (Å²) in [6.45, 7) is 6.44. The summed E-state index contributed by atoms with van der Waals surface area (Å²) in [5.74, 6) is 0.377. The molecule has 0 saturated carbocycles. The van der Waals surface area contributed by atoms with Gasteiger partial charge in [-0.15, -0.1) is 0 Å². The Bertz CT molecular complexity index is 1480. The van der Waals surface area contributed by atoms with Gasteiger partial charge in [-0.3, -0.25) is 14.7 Å². The normalized spacial score (nSPS) is 17.5. The van der Waals surface area contributed by atoms with Crippen molar-refractivity contribution in [3.8, 4) is 11.3 Å². The molecule has 4 aromatic rings. The van der Waals surface area contributed by atoms with Crippen LogP contribution in [0.5, 0.6) is 0 Å². The zero-order valence-corrected chi connectivity index (χ0v) is 22.4. The van der Waals surface area contributed by atoms with Gasteiger partial charge in [0.15, 0.2) is 0 Å². The molecule has 0 spiro atoms. The van der Waals surface area contributed by atoms with Gasteiger partial charge >= 0.3 is 0 Å². The number of hydrogen-bond acceptors (Lipinski definition) is 7. The third-order valence-corrected chi connectivity index (χ3v) is 7.78. The van der Waals surface area contributed by atoms with Crippen molar-refractivity contribution in [1.82, 2.24) is 24.8 Å². The van der Waals surface area contributed by atoms with Gasteiger partial charge in [0.25, 0.3) is 5.91 Å². The zero-order chi connectivity index (χ0) is 26.8. The zero-order valence-electron chi connectivity index (χ0n) is 22.4. The van der Waals surface area contributed by atoms with Crippen LogP contribution in [-0.4, -0.2) is 63.9 Å². The van der Waals surface area contributed by atoms with Crippen LogP contribution in [0, 0.1) is 6.92 Å². The number of benzene rings is 2. The van der Waals surface area contributed by atoms with E-state index in [9.17, 15) is 4.79 Å². The second-order valence-electron chi connectivity index (χ2n) is 10.4. The molecule has 0 unspecified atom stereocenters. The molecule has 1 atom stereocenters. The molecule has 1 aliphatic carbocycles. The molecule has 1 amide bonds. The summed E-state index contributed by atoms with van der Waals surface area (Å²) < 4.78 is 0. The third-order valence-electron chi connectivity index (χ3n) is 7.78. The number of piperazine rings is 1. The Labute approximate surface area is 229 Å². The van der Waals surface area contributed by atoms with Crippen molar-refractivity contribution in [3.63, 3.8) is 0 Å². The van der Waals surface area contributed by atoms with Gasteiger partial charge in [0, 0.05) is 73.3 Å². The first-order valence-electron chi connectivity index (χ1n) is 13.5. The van der Waals surface area contributed by atoms with Crippen molar-refractivity contribution in [2.45, 2.75) is 25.8 Å². The fraction of sp³-hybridized carbons (Fsp3) is 0.290. The fourth-order valence-electron chi connectivity index (χ4n) is 5.50. The van der Waals surface area contributed by atoms with Crippen LogP contribution in [0.2, 0.25) is 0 Å². The second kappa shape index (κ2) is 10.9. The van der Waals surface area contributed by atoms with Crippen molar-refractivity contribution >= 4 is 23.2 Å². The van der Waals surface area contributed by atoms with E-state index in [1.54, 1.807) is 18.6 Å². The maximum absolute atomic E-state index is 13.2. The van der Waals surface area contributed by atoms with E-state index in [1.807, 2.05) is 49.4 Å². The van der Waals surface area contributed by atoms with Crippen LogP contribution in [0.3, 0.4) is 0 Å². The van der Waals surface area contributed by atoms with Gasteiger partial charge in [-0.05, 0) is 86.0 Å². The molecule has 1 aliphatic heterocycles. The monoisotopic (exact) mass is 519 g/mol. The van der Waals surface area contributed by atoms with Crippen LogP contribution in [-0.2, 0) is 6.42 Å². The number of fused-ring (bicyclic) bond motifs is 1. The minimum atomic E-state index is -0.106. The van der Waals surface area contributed by atoms with Crippen molar-refractivity contribution in [2.24, 2.45) is 0 Å². The SMILES string of the molecule is Cc1ccc(NC(=O)c2ccc3c(c2)CC[C@H]3N2CCN(C)CC2)cc1Nc1nccc(-c2cccnc2)n1. The third kappa shape index (κ3) is 5.53. The lowest BCUT2D eigenvalue weighted by Gasteiger charge is -2.36. The lowest BCUT2D eigenvalue weighted by molar-refractivity contribution is 0.102. The minimum absolute atomic E-state index is 0.106. The number of rotatable bonds is 6. The Balaban J connectivity index is 1.15. The number of carbonyl (C=O) groups excluding carboxylic acids is 1. The first-order valence-corrected chi connectivity index (χ1v) is 13.5. The molecule has 0 bridgehead atoms. The number of amides is 1. The summed E-state index contributed by atoms with van der Waals surface area (Å²) in [5.41, 5.74) is 7.65. The number of aryl methyl sites for hydroxylation is 2. The number of carbonyl (C=O) groups is 1. The standard InChI is InChI=1S/C31H33N7O/c1-21-5-8-25(19-28(21)36-31-33-13-11-27(35-31)24-4-3-12-32-20-24)34-30(39)23-6-9-26-22(18-23)7-10-29(26)38-16-14-37(2)15-17-38/h3-6,8-9,11-13,18-20,29H,7,10,14-17H2,1-2H3,(H,34,39)(H,33,35,36)/t29-/m1/s1. The average molecular weight is 520 g/mol. The quantitative estimate of drug-likeness (QED) is 0.368. The fourth-order valence-corrected chi connectivity index (χ4v) is 5.50. The smallest absolute Gasteiger partial charge is 0.255 e. The maximum Gasteiger partial charge on any atom is 0.255 e. The molecule has 8 heteroatoms. The number of pyridine rings is 1. The van der Waals surface area contributed by atoms with Gasteiger partial charge in [0.05, 0.1) is 5.69 Å². The lowest BCUT2D eigenvalue weighted by Crippen LogP contribution is -2.45. The van der Waals surface area contributed by atoms with E-state index in [-0.39, 0.29) is 5.91 Å². The largest absolute Gasteiger partial charge is 0.324 e. The predicted octanol–water partition coefficient (Wildman–Crippen LogP) is 5.08. The van der Waals surface area contributed by atoms with Crippen molar-refractivity contribution in [2.75, 3.05) is 43.9 Å². The summed E-state index contributed by atoms with van der Waals surface area (Å²) in [6.07, 6.45) is 7.38. The Morgan fingerprint density at radius 1 is 1.00 bits per heavy atom. The van der Waals surface area contributed by atoms with E-state index in [2.05, 4.69) is 54.6 Å². The molecular weight excluding hydrogens is 486 g/mol. The Kier molecular flexibility index (Phi) is 7.04. The van der Waals surface area contributed by atoms with Crippen LogP contribution >= 0.6 is 0 Å². The summed E-state index contributed by atoms with van der Waals surface area (Å²) in [7, 11) is 2.19. The molecule has 0 radical (unpaired) electrons. The van der Waals surface area contributed by atoms with Crippen molar-refractivity contribution in [1.29, 1.82) is 0 Å². The van der Waals surface area contributed by atoms with Crippen molar-refractivity contribution < 1.29 is 4.79 Å². The van der Waals surface area contributed by atoms with Gasteiger partial charge < -0.3 is 15.5 Å². The molecule has 198 valence electrons. The van der Waals surface area contributed by atoms with E-state index in [4.69, 9.17) is 0 Å². The molecule has 3 heterocycles. The lowest BCUT2D eigenvalue weighted by atomic mass is 10.0. The highest BCUT2D eigenvalue weighted by molar-refractivity contribution is 6.04. The van der Waals surface area contributed by atoms with E-state index in [1.165, 1.54) is 11.1 Å². The Hall–Kier alpha value is -4.14. The van der Waals surface area contributed by atoms with E-state index in [0.717, 1.165) is 61.5 Å². The van der Waals surface area contributed by atoms with Crippen LogP contribution in [0.25, 0.3) is 11.3 Å². The summed E-state index contributed by atoms with van der Waals surface area (Å²) in [6, 6.07) is 18.2. The number of aromatic nitrogens is 3. The molecule has 6 rings (SSSR count). The van der Waals surface area contributed by atoms with Crippen LogP contribution in [0.1, 0.15) is 39.5 Å². The van der Waals surface area contributed by atoms with E-state index in [0.29, 0.717) is 23.2 Å². The van der Waals surface area contributed by atoms with Gasteiger partial charge in [0.2, 0.25) is 5.95 Å². The molecule has 2 N–H and O–H groups in total. The van der Waals surface area contributed by atoms with E-state index >= 15 is 0 Å².